The average Bonchev–Trinajstić information content (AvgIpc) is 3.22. The van der Waals surface area contributed by atoms with E-state index in [0.29, 0.717) is 68.7 Å². The molecular weight excluding hydrogens is 461 g/mol. The van der Waals surface area contributed by atoms with Crippen LogP contribution in [0.25, 0.3) is 11.5 Å². The Morgan fingerprint density at radius 3 is 2.76 bits per heavy atom. The van der Waals surface area contributed by atoms with Crippen molar-refractivity contribution in [1.82, 2.24) is 20.2 Å². The molecule has 3 rings (SSSR count). The first kappa shape index (κ1) is 24.2. The Morgan fingerprint density at radius 1 is 1.27 bits per heavy atom. The summed E-state index contributed by atoms with van der Waals surface area (Å²) in [7, 11) is 0. The topological polar surface area (TPSA) is 97.7 Å². The van der Waals surface area contributed by atoms with Gasteiger partial charge in [-0.1, -0.05) is 35.9 Å². The van der Waals surface area contributed by atoms with Crippen molar-refractivity contribution in [2.24, 2.45) is 0 Å². The summed E-state index contributed by atoms with van der Waals surface area (Å²) < 4.78 is 11.6. The number of aryl methyl sites for hydroxylation is 3. The van der Waals surface area contributed by atoms with Gasteiger partial charge in [0, 0.05) is 17.6 Å². The number of hydrogen-bond acceptors (Lipinski definition) is 7. The standard InChI is InChI=1S/C24H21Cl2N5O2/c1-14(2)23(32-19-10-17(12-27)9-18(25)11-19)21(26)7-5-6-8-22-30-31-24(33-22)20-13-28-16(4)29-15(20)3/h5,7,9-11,13H,1,6,8H2,2-4H3/b7-5-,23-21-. The normalized spacial score (nSPS) is 11.9. The number of hydrogen-bond donors (Lipinski definition) is 0. The van der Waals surface area contributed by atoms with Crippen molar-refractivity contribution in [3.63, 3.8) is 0 Å². The second-order valence-corrected chi connectivity index (χ2v) is 8.05. The maximum Gasteiger partial charge on any atom is 0.251 e. The summed E-state index contributed by atoms with van der Waals surface area (Å²) in [5.74, 6) is 2.35. The molecule has 9 heteroatoms. The Bertz CT molecular complexity index is 1290. The molecule has 0 saturated heterocycles. The third-order valence-corrected chi connectivity index (χ3v) is 4.93. The van der Waals surface area contributed by atoms with E-state index < -0.39 is 0 Å². The Hall–Kier alpha value is -3.47. The maximum atomic E-state index is 9.11. The molecule has 168 valence electrons. The minimum absolute atomic E-state index is 0.361. The molecule has 0 bridgehead atoms. The van der Waals surface area contributed by atoms with E-state index in [0.717, 1.165) is 5.69 Å². The highest BCUT2D eigenvalue weighted by molar-refractivity contribution is 6.31. The fourth-order valence-electron chi connectivity index (χ4n) is 2.87. The number of nitrogens with zero attached hydrogens (tertiary/aromatic N) is 5. The van der Waals surface area contributed by atoms with Gasteiger partial charge >= 0.3 is 0 Å². The number of ether oxygens (including phenoxy) is 1. The van der Waals surface area contributed by atoms with Crippen LogP contribution in [-0.4, -0.2) is 20.2 Å². The first-order valence-electron chi connectivity index (χ1n) is 10.0. The molecular formula is C24H21Cl2N5O2. The molecule has 33 heavy (non-hydrogen) atoms. The summed E-state index contributed by atoms with van der Waals surface area (Å²) in [6.45, 7) is 9.39. The fraction of sp³-hybridized carbons (Fsp3) is 0.208. The molecule has 0 atom stereocenters. The lowest BCUT2D eigenvalue weighted by Crippen LogP contribution is -1.99. The Balaban J connectivity index is 1.67. The number of nitriles is 1. The Morgan fingerprint density at radius 2 is 2.06 bits per heavy atom. The largest absolute Gasteiger partial charge is 0.455 e. The molecule has 0 fully saturated rings. The van der Waals surface area contributed by atoms with Gasteiger partial charge in [-0.2, -0.15) is 5.26 Å². The van der Waals surface area contributed by atoms with E-state index in [-0.39, 0.29) is 0 Å². The monoisotopic (exact) mass is 481 g/mol. The summed E-state index contributed by atoms with van der Waals surface area (Å²) in [6.07, 6.45) is 6.41. The lowest BCUT2D eigenvalue weighted by molar-refractivity contribution is 0.435. The van der Waals surface area contributed by atoms with Gasteiger partial charge in [-0.05, 0) is 57.0 Å². The molecule has 1 aromatic carbocycles. The summed E-state index contributed by atoms with van der Waals surface area (Å²) in [4.78, 5) is 8.50. The summed E-state index contributed by atoms with van der Waals surface area (Å²) in [5, 5.41) is 18.0. The number of allylic oxidation sites excluding steroid dienone is 4. The zero-order valence-electron chi connectivity index (χ0n) is 18.4. The third-order valence-electron chi connectivity index (χ3n) is 4.41. The van der Waals surface area contributed by atoms with Crippen molar-refractivity contribution in [3.05, 3.63) is 87.5 Å². The minimum atomic E-state index is 0.361. The average molecular weight is 482 g/mol. The van der Waals surface area contributed by atoms with Gasteiger partial charge in [0.15, 0.2) is 0 Å². The molecule has 0 unspecified atom stereocenters. The minimum Gasteiger partial charge on any atom is -0.455 e. The third kappa shape index (κ3) is 6.51. The molecule has 0 spiro atoms. The van der Waals surface area contributed by atoms with Crippen molar-refractivity contribution in [1.29, 1.82) is 5.26 Å². The van der Waals surface area contributed by atoms with Gasteiger partial charge < -0.3 is 9.15 Å². The number of benzene rings is 1. The molecule has 0 saturated carbocycles. The molecule has 0 amide bonds. The summed E-state index contributed by atoms with van der Waals surface area (Å²) in [5.41, 5.74) is 2.50. The van der Waals surface area contributed by atoms with Crippen molar-refractivity contribution >= 4 is 23.2 Å². The molecule has 2 heterocycles. The molecule has 0 aliphatic carbocycles. The van der Waals surface area contributed by atoms with Crippen molar-refractivity contribution < 1.29 is 9.15 Å². The van der Waals surface area contributed by atoms with E-state index in [9.17, 15) is 0 Å². The van der Waals surface area contributed by atoms with Crippen LogP contribution in [-0.2, 0) is 6.42 Å². The van der Waals surface area contributed by atoms with E-state index >= 15 is 0 Å². The molecule has 0 N–H and O–H groups in total. The quantitative estimate of drug-likeness (QED) is 0.276. The molecule has 7 nitrogen and oxygen atoms in total. The van der Waals surface area contributed by atoms with Crippen LogP contribution in [0.2, 0.25) is 5.02 Å². The summed E-state index contributed by atoms with van der Waals surface area (Å²) in [6, 6.07) is 6.77. The van der Waals surface area contributed by atoms with Crippen LogP contribution in [0.5, 0.6) is 5.75 Å². The highest BCUT2D eigenvalue weighted by Crippen LogP contribution is 2.27. The molecule has 2 aromatic heterocycles. The zero-order chi connectivity index (χ0) is 24.0. The lowest BCUT2D eigenvalue weighted by atomic mass is 10.2. The van der Waals surface area contributed by atoms with Crippen LogP contribution in [0.15, 0.2) is 63.9 Å². The van der Waals surface area contributed by atoms with Crippen LogP contribution in [0.1, 0.15) is 36.3 Å². The van der Waals surface area contributed by atoms with Gasteiger partial charge in [-0.25, -0.2) is 9.97 Å². The van der Waals surface area contributed by atoms with Crippen LogP contribution in [0.3, 0.4) is 0 Å². The van der Waals surface area contributed by atoms with Crippen LogP contribution >= 0.6 is 23.2 Å². The Labute approximate surface area is 202 Å². The van der Waals surface area contributed by atoms with E-state index in [1.165, 1.54) is 0 Å². The van der Waals surface area contributed by atoms with E-state index in [1.807, 2.05) is 26.0 Å². The van der Waals surface area contributed by atoms with E-state index in [1.54, 1.807) is 37.4 Å². The SMILES string of the molecule is C=C(C)/C(Oc1cc(Cl)cc(C#N)c1)=C(Cl)\C=C/CCc1nnc(-c2cnc(C)nc2C)o1. The second kappa shape index (κ2) is 10.9. The maximum absolute atomic E-state index is 9.11. The molecule has 0 aliphatic rings. The van der Waals surface area contributed by atoms with Gasteiger partial charge in [0.05, 0.1) is 27.9 Å². The van der Waals surface area contributed by atoms with Crippen molar-refractivity contribution in [3.8, 4) is 23.3 Å². The first-order valence-corrected chi connectivity index (χ1v) is 10.8. The fourth-order valence-corrected chi connectivity index (χ4v) is 3.38. The van der Waals surface area contributed by atoms with Crippen LogP contribution in [0, 0.1) is 25.2 Å². The van der Waals surface area contributed by atoms with Gasteiger partial charge in [0.25, 0.3) is 5.89 Å². The highest BCUT2D eigenvalue weighted by Gasteiger charge is 2.13. The molecule has 0 aliphatic heterocycles. The predicted octanol–water partition coefficient (Wildman–Crippen LogP) is 6.26. The van der Waals surface area contributed by atoms with E-state index in [2.05, 4.69) is 26.7 Å². The number of aromatic nitrogens is 4. The number of rotatable bonds is 8. The first-order chi connectivity index (χ1) is 15.8. The van der Waals surface area contributed by atoms with Crippen LogP contribution in [0.4, 0.5) is 0 Å². The Kier molecular flexibility index (Phi) is 7.99. The molecule has 3 aromatic rings. The van der Waals surface area contributed by atoms with Crippen molar-refractivity contribution in [2.75, 3.05) is 0 Å². The van der Waals surface area contributed by atoms with Gasteiger partial charge in [0.1, 0.15) is 17.3 Å². The highest BCUT2D eigenvalue weighted by atomic mass is 35.5. The smallest absolute Gasteiger partial charge is 0.251 e. The van der Waals surface area contributed by atoms with E-state index in [4.69, 9.17) is 37.6 Å². The van der Waals surface area contributed by atoms with Gasteiger partial charge in [0.2, 0.25) is 5.89 Å². The van der Waals surface area contributed by atoms with Crippen molar-refractivity contribution in [2.45, 2.75) is 33.6 Å². The van der Waals surface area contributed by atoms with Gasteiger partial charge in [-0.15, -0.1) is 10.2 Å². The lowest BCUT2D eigenvalue weighted by Gasteiger charge is -2.12. The molecule has 0 radical (unpaired) electrons. The zero-order valence-corrected chi connectivity index (χ0v) is 19.9. The summed E-state index contributed by atoms with van der Waals surface area (Å²) >= 11 is 12.5. The predicted molar refractivity (Wildman–Crippen MR) is 127 cm³/mol. The van der Waals surface area contributed by atoms with Gasteiger partial charge in [-0.3, -0.25) is 0 Å². The second-order valence-electron chi connectivity index (χ2n) is 7.21. The number of halogens is 2. The van der Waals surface area contributed by atoms with Crippen LogP contribution < -0.4 is 4.74 Å².